The first-order valence-corrected chi connectivity index (χ1v) is 10.8. The Bertz CT molecular complexity index is 1200. The number of nitrogens with two attached hydrogens (primary N) is 1. The first-order chi connectivity index (χ1) is 15.2. The molecule has 2 heterocycles. The number of aryl methyl sites for hydroxylation is 1. The Morgan fingerprint density at radius 2 is 1.82 bits per heavy atom. The second-order valence-corrected chi connectivity index (χ2v) is 8.87. The standard InChI is InChI=1S/C25H29FN6.CH4/c1-17-13-19(5-6-21(17)26)30-24-20-15-22(27)18(14-23(20)28-16-29-24)7-8-25(2,3)32-11-9-31(4)10-12-32;/h5-6,13-16H,9-12,27H2,1-4H3,(H,28,29,30);1H4. The third kappa shape index (κ3) is 5.41. The number of rotatable bonds is 3. The van der Waals surface area contributed by atoms with E-state index in [-0.39, 0.29) is 18.8 Å². The van der Waals surface area contributed by atoms with Crippen LogP contribution in [-0.2, 0) is 0 Å². The van der Waals surface area contributed by atoms with Gasteiger partial charge in [0.05, 0.1) is 11.1 Å². The predicted molar refractivity (Wildman–Crippen MR) is 135 cm³/mol. The number of benzene rings is 2. The Morgan fingerprint density at radius 1 is 1.09 bits per heavy atom. The lowest BCUT2D eigenvalue weighted by Crippen LogP contribution is -2.53. The summed E-state index contributed by atoms with van der Waals surface area (Å²) in [6.07, 6.45) is 1.50. The summed E-state index contributed by atoms with van der Waals surface area (Å²) in [5, 5.41) is 4.03. The molecule has 0 spiro atoms. The Morgan fingerprint density at radius 3 is 2.52 bits per heavy atom. The summed E-state index contributed by atoms with van der Waals surface area (Å²) in [6.45, 7) is 10.1. The molecule has 0 unspecified atom stereocenters. The topological polar surface area (TPSA) is 70.3 Å². The van der Waals surface area contributed by atoms with Gasteiger partial charge in [0.1, 0.15) is 18.0 Å². The number of piperazine rings is 1. The lowest BCUT2D eigenvalue weighted by Gasteiger charge is -2.40. The first-order valence-electron chi connectivity index (χ1n) is 10.8. The Balaban J connectivity index is 0.00000306. The largest absolute Gasteiger partial charge is 0.398 e. The lowest BCUT2D eigenvalue weighted by molar-refractivity contribution is 0.0946. The van der Waals surface area contributed by atoms with E-state index in [4.69, 9.17) is 5.73 Å². The van der Waals surface area contributed by atoms with Crippen LogP contribution in [0.2, 0.25) is 0 Å². The van der Waals surface area contributed by atoms with E-state index in [2.05, 4.69) is 57.8 Å². The summed E-state index contributed by atoms with van der Waals surface area (Å²) < 4.78 is 13.6. The molecule has 4 rings (SSSR count). The fourth-order valence-corrected chi connectivity index (χ4v) is 3.85. The van der Waals surface area contributed by atoms with Gasteiger partial charge in [0.25, 0.3) is 0 Å². The zero-order valence-corrected chi connectivity index (χ0v) is 19.0. The highest BCUT2D eigenvalue weighted by Crippen LogP contribution is 2.28. The predicted octanol–water partition coefficient (Wildman–Crippen LogP) is 4.42. The van der Waals surface area contributed by atoms with E-state index in [1.165, 1.54) is 12.4 Å². The normalized spacial score (nSPS) is 14.9. The van der Waals surface area contributed by atoms with Crippen molar-refractivity contribution in [1.82, 2.24) is 19.8 Å². The van der Waals surface area contributed by atoms with Gasteiger partial charge in [-0.05, 0) is 63.7 Å². The Hall–Kier alpha value is -3.21. The highest BCUT2D eigenvalue weighted by molar-refractivity contribution is 5.94. The number of hydrogen-bond acceptors (Lipinski definition) is 6. The molecule has 1 aromatic heterocycles. The van der Waals surface area contributed by atoms with Crippen molar-refractivity contribution in [3.05, 3.63) is 53.6 Å². The van der Waals surface area contributed by atoms with Crippen LogP contribution in [0.5, 0.6) is 0 Å². The molecule has 0 bridgehead atoms. The molecule has 0 atom stereocenters. The van der Waals surface area contributed by atoms with Crippen molar-refractivity contribution in [1.29, 1.82) is 0 Å². The number of halogens is 1. The Kier molecular flexibility index (Phi) is 7.21. The average molecular weight is 449 g/mol. The van der Waals surface area contributed by atoms with Crippen molar-refractivity contribution in [3.63, 3.8) is 0 Å². The van der Waals surface area contributed by atoms with Crippen molar-refractivity contribution in [2.75, 3.05) is 44.3 Å². The smallest absolute Gasteiger partial charge is 0.141 e. The maximum absolute atomic E-state index is 13.6. The van der Waals surface area contributed by atoms with E-state index in [1.807, 2.05) is 12.1 Å². The van der Waals surface area contributed by atoms with Crippen LogP contribution in [0, 0.1) is 24.6 Å². The summed E-state index contributed by atoms with van der Waals surface area (Å²) in [6, 6.07) is 8.61. The molecule has 3 aromatic rings. The lowest BCUT2D eigenvalue weighted by atomic mass is 10.0. The molecule has 6 nitrogen and oxygen atoms in total. The zero-order valence-electron chi connectivity index (χ0n) is 19.0. The number of aromatic nitrogens is 2. The third-order valence-electron chi connectivity index (χ3n) is 6.02. The quantitative estimate of drug-likeness (QED) is 0.457. The van der Waals surface area contributed by atoms with E-state index in [9.17, 15) is 4.39 Å². The molecule has 0 aliphatic carbocycles. The van der Waals surface area contributed by atoms with Crippen molar-refractivity contribution < 1.29 is 4.39 Å². The van der Waals surface area contributed by atoms with Crippen LogP contribution >= 0.6 is 0 Å². The number of anilines is 3. The number of likely N-dealkylation sites (N-methyl/N-ethyl adjacent to an activating group) is 1. The van der Waals surface area contributed by atoms with Gasteiger partial charge >= 0.3 is 0 Å². The highest BCUT2D eigenvalue weighted by atomic mass is 19.1. The molecule has 1 saturated heterocycles. The minimum atomic E-state index is -0.249. The molecule has 1 aliphatic heterocycles. The summed E-state index contributed by atoms with van der Waals surface area (Å²) in [5.41, 5.74) is 9.50. The minimum Gasteiger partial charge on any atom is -0.398 e. The van der Waals surface area contributed by atoms with Crippen molar-refractivity contribution >= 4 is 28.1 Å². The molecular formula is C26H33FN6. The summed E-state index contributed by atoms with van der Waals surface area (Å²) >= 11 is 0. The third-order valence-corrected chi connectivity index (χ3v) is 6.02. The van der Waals surface area contributed by atoms with Gasteiger partial charge in [-0.25, -0.2) is 14.4 Å². The van der Waals surface area contributed by atoms with E-state index in [1.54, 1.807) is 19.1 Å². The second-order valence-electron chi connectivity index (χ2n) is 8.87. The van der Waals surface area contributed by atoms with E-state index in [0.29, 0.717) is 17.1 Å². The van der Waals surface area contributed by atoms with Crippen molar-refractivity contribution in [2.24, 2.45) is 0 Å². The Labute approximate surface area is 196 Å². The first kappa shape index (κ1) is 24.4. The number of nitrogens with one attached hydrogen (secondary N) is 1. The van der Waals surface area contributed by atoms with Gasteiger partial charge in [-0.2, -0.15) is 0 Å². The summed E-state index contributed by atoms with van der Waals surface area (Å²) in [7, 11) is 2.15. The molecule has 0 saturated carbocycles. The van der Waals surface area contributed by atoms with Gasteiger partial charge in [-0.1, -0.05) is 19.3 Å². The monoisotopic (exact) mass is 448 g/mol. The highest BCUT2D eigenvalue weighted by Gasteiger charge is 2.27. The minimum absolute atomic E-state index is 0. The molecule has 0 radical (unpaired) electrons. The second kappa shape index (κ2) is 9.74. The number of hydrogen-bond donors (Lipinski definition) is 2. The molecule has 1 fully saturated rings. The van der Waals surface area contributed by atoms with E-state index < -0.39 is 0 Å². The van der Waals surface area contributed by atoms with E-state index >= 15 is 0 Å². The molecule has 2 aromatic carbocycles. The molecular weight excluding hydrogens is 415 g/mol. The molecule has 3 N–H and O–H groups in total. The van der Waals surface area contributed by atoms with Gasteiger partial charge in [-0.15, -0.1) is 0 Å². The number of fused-ring (bicyclic) bond motifs is 1. The van der Waals surface area contributed by atoms with Gasteiger partial charge in [-0.3, -0.25) is 4.90 Å². The molecule has 1 aliphatic rings. The number of nitrogens with zero attached hydrogens (tertiary/aromatic N) is 4. The fourth-order valence-electron chi connectivity index (χ4n) is 3.85. The van der Waals surface area contributed by atoms with E-state index in [0.717, 1.165) is 48.3 Å². The molecule has 7 heteroatoms. The fraction of sp³-hybridized carbons (Fsp3) is 0.385. The van der Waals surface area contributed by atoms with Crippen molar-refractivity contribution in [2.45, 2.75) is 33.7 Å². The maximum atomic E-state index is 13.6. The summed E-state index contributed by atoms with van der Waals surface area (Å²) in [4.78, 5) is 13.5. The average Bonchev–Trinajstić information content (AvgIpc) is 2.76. The summed E-state index contributed by atoms with van der Waals surface area (Å²) in [5.74, 6) is 7.07. The van der Waals surface area contributed by atoms with Crippen LogP contribution in [-0.4, -0.2) is 58.5 Å². The van der Waals surface area contributed by atoms with Gasteiger partial charge in [0, 0.05) is 48.5 Å². The zero-order chi connectivity index (χ0) is 22.9. The van der Waals surface area contributed by atoms with Crippen LogP contribution in [0.3, 0.4) is 0 Å². The molecule has 33 heavy (non-hydrogen) atoms. The van der Waals surface area contributed by atoms with Gasteiger partial charge in [0.2, 0.25) is 0 Å². The molecule has 174 valence electrons. The number of nitrogen functional groups attached to an aromatic ring is 1. The van der Waals surface area contributed by atoms with Crippen molar-refractivity contribution in [3.8, 4) is 11.8 Å². The van der Waals surface area contributed by atoms with Crippen LogP contribution in [0.25, 0.3) is 10.9 Å². The van der Waals surface area contributed by atoms with Crippen LogP contribution in [0.4, 0.5) is 21.6 Å². The van der Waals surface area contributed by atoms with Crippen LogP contribution in [0.1, 0.15) is 32.4 Å². The van der Waals surface area contributed by atoms with Gasteiger partial charge in [0.15, 0.2) is 0 Å². The maximum Gasteiger partial charge on any atom is 0.141 e. The van der Waals surface area contributed by atoms with Crippen LogP contribution < -0.4 is 11.1 Å². The SMILES string of the molecule is C.Cc1cc(Nc2ncnc3cc(C#CC(C)(C)N4CCN(C)CC4)c(N)cc23)ccc1F. The molecule has 0 amide bonds. The van der Waals surface area contributed by atoms with Crippen LogP contribution in [0.15, 0.2) is 36.7 Å². The van der Waals surface area contributed by atoms with Gasteiger partial charge < -0.3 is 16.0 Å².